The molecule has 21 heavy (non-hydrogen) atoms. The van der Waals surface area contributed by atoms with Gasteiger partial charge in [-0.2, -0.15) is 4.31 Å². The fourth-order valence-electron chi connectivity index (χ4n) is 2.61. The monoisotopic (exact) mass is 314 g/mol. The minimum Gasteiger partial charge on any atom is -0.495 e. The van der Waals surface area contributed by atoms with E-state index in [1.54, 1.807) is 6.07 Å². The maximum atomic E-state index is 12.9. The standard InChI is InChI=1S/C14H22N2O4S/c1-10-8-16(9-14(2,3)20-10)21(17,18)13-6-5-11(15)7-12(13)19-4/h5-7,10H,8-9,15H2,1-4H3. The maximum absolute atomic E-state index is 12.9. The van der Waals surface area contributed by atoms with Crippen molar-refractivity contribution in [3.63, 3.8) is 0 Å². The molecule has 1 atom stereocenters. The van der Waals surface area contributed by atoms with Gasteiger partial charge in [0.25, 0.3) is 0 Å². The van der Waals surface area contributed by atoms with E-state index in [9.17, 15) is 8.42 Å². The molecule has 6 nitrogen and oxygen atoms in total. The number of anilines is 1. The highest BCUT2D eigenvalue weighted by atomic mass is 32.2. The zero-order valence-corrected chi connectivity index (χ0v) is 13.6. The summed E-state index contributed by atoms with van der Waals surface area (Å²) in [5, 5.41) is 0. The number of benzene rings is 1. The molecule has 1 unspecified atom stereocenters. The Labute approximate surface area is 125 Å². The summed E-state index contributed by atoms with van der Waals surface area (Å²) >= 11 is 0. The largest absolute Gasteiger partial charge is 0.495 e. The Morgan fingerprint density at radius 1 is 1.43 bits per heavy atom. The molecule has 1 saturated heterocycles. The molecular weight excluding hydrogens is 292 g/mol. The van der Waals surface area contributed by atoms with Crippen LogP contribution in [0.4, 0.5) is 5.69 Å². The molecule has 0 saturated carbocycles. The molecule has 0 spiro atoms. The van der Waals surface area contributed by atoms with Crippen LogP contribution in [0.3, 0.4) is 0 Å². The first-order valence-electron chi connectivity index (χ1n) is 6.77. The average molecular weight is 314 g/mol. The van der Waals surface area contributed by atoms with Crippen molar-refractivity contribution in [3.05, 3.63) is 18.2 Å². The number of rotatable bonds is 3. The van der Waals surface area contributed by atoms with Gasteiger partial charge in [-0.3, -0.25) is 0 Å². The fraction of sp³-hybridized carbons (Fsp3) is 0.571. The van der Waals surface area contributed by atoms with Crippen molar-refractivity contribution in [2.24, 2.45) is 0 Å². The number of ether oxygens (including phenoxy) is 2. The Morgan fingerprint density at radius 2 is 2.10 bits per heavy atom. The van der Waals surface area contributed by atoms with E-state index in [1.165, 1.54) is 23.5 Å². The van der Waals surface area contributed by atoms with Gasteiger partial charge in [0.1, 0.15) is 10.6 Å². The van der Waals surface area contributed by atoms with Crippen LogP contribution in [0.2, 0.25) is 0 Å². The topological polar surface area (TPSA) is 81.9 Å². The third-order valence-corrected chi connectivity index (χ3v) is 5.19. The molecule has 1 aliphatic heterocycles. The third kappa shape index (κ3) is 3.30. The van der Waals surface area contributed by atoms with Gasteiger partial charge in [-0.15, -0.1) is 0 Å². The molecule has 1 aliphatic rings. The predicted octanol–water partition coefficient (Wildman–Crippen LogP) is 1.47. The Bertz CT molecular complexity index is 628. The second-order valence-corrected chi connectivity index (χ2v) is 7.80. The highest BCUT2D eigenvalue weighted by molar-refractivity contribution is 7.89. The lowest BCUT2D eigenvalue weighted by Crippen LogP contribution is -2.53. The molecular formula is C14H22N2O4S. The summed E-state index contributed by atoms with van der Waals surface area (Å²) in [6.45, 7) is 6.24. The molecule has 0 bridgehead atoms. The third-order valence-electron chi connectivity index (χ3n) is 3.34. The predicted molar refractivity (Wildman–Crippen MR) is 80.8 cm³/mol. The van der Waals surface area contributed by atoms with Gasteiger partial charge < -0.3 is 15.2 Å². The average Bonchev–Trinajstić information content (AvgIpc) is 2.35. The number of nitrogen functional groups attached to an aromatic ring is 1. The summed E-state index contributed by atoms with van der Waals surface area (Å²) in [6, 6.07) is 4.56. The van der Waals surface area contributed by atoms with E-state index >= 15 is 0 Å². The van der Waals surface area contributed by atoms with Crippen LogP contribution in [-0.2, 0) is 14.8 Å². The second-order valence-electron chi connectivity index (χ2n) is 5.90. The van der Waals surface area contributed by atoms with Gasteiger partial charge in [0.2, 0.25) is 10.0 Å². The summed E-state index contributed by atoms with van der Waals surface area (Å²) in [6.07, 6.45) is -0.164. The van der Waals surface area contributed by atoms with Crippen molar-refractivity contribution in [1.29, 1.82) is 0 Å². The van der Waals surface area contributed by atoms with Crippen LogP contribution in [0.25, 0.3) is 0 Å². The summed E-state index contributed by atoms with van der Waals surface area (Å²) in [7, 11) is -2.22. The van der Waals surface area contributed by atoms with Crippen molar-refractivity contribution >= 4 is 15.7 Å². The number of nitrogens with two attached hydrogens (primary N) is 1. The van der Waals surface area contributed by atoms with Gasteiger partial charge in [-0.1, -0.05) is 0 Å². The number of hydrogen-bond acceptors (Lipinski definition) is 5. The lowest BCUT2D eigenvalue weighted by Gasteiger charge is -2.40. The van der Waals surface area contributed by atoms with Crippen LogP contribution in [0.1, 0.15) is 20.8 Å². The molecule has 0 aromatic heterocycles. The number of methoxy groups -OCH3 is 1. The Kier molecular flexibility index (Phi) is 4.19. The number of nitrogens with zero attached hydrogens (tertiary/aromatic N) is 1. The van der Waals surface area contributed by atoms with E-state index in [1.807, 2.05) is 20.8 Å². The van der Waals surface area contributed by atoms with Crippen LogP contribution >= 0.6 is 0 Å². The number of sulfonamides is 1. The quantitative estimate of drug-likeness (QED) is 0.854. The summed E-state index contributed by atoms with van der Waals surface area (Å²) < 4.78 is 38.1. The Hall–Kier alpha value is -1.31. The van der Waals surface area contributed by atoms with Crippen LogP contribution in [0.15, 0.2) is 23.1 Å². The Balaban J connectivity index is 2.42. The first kappa shape index (κ1) is 16.1. The van der Waals surface area contributed by atoms with E-state index in [4.69, 9.17) is 15.2 Å². The zero-order chi connectivity index (χ0) is 15.8. The van der Waals surface area contributed by atoms with Gasteiger partial charge in [-0.25, -0.2) is 8.42 Å². The fourth-order valence-corrected chi connectivity index (χ4v) is 4.42. The van der Waals surface area contributed by atoms with Gasteiger partial charge in [0.05, 0.1) is 18.8 Å². The van der Waals surface area contributed by atoms with Crippen molar-refractivity contribution < 1.29 is 17.9 Å². The van der Waals surface area contributed by atoms with E-state index in [0.29, 0.717) is 18.8 Å². The molecule has 118 valence electrons. The molecule has 0 radical (unpaired) electrons. The molecule has 7 heteroatoms. The zero-order valence-electron chi connectivity index (χ0n) is 12.8. The Morgan fingerprint density at radius 3 is 2.67 bits per heavy atom. The first-order valence-corrected chi connectivity index (χ1v) is 8.21. The summed E-state index contributed by atoms with van der Waals surface area (Å²) in [5.74, 6) is 0.256. The normalized spacial score (nSPS) is 23.0. The van der Waals surface area contributed by atoms with Gasteiger partial charge >= 0.3 is 0 Å². The molecule has 0 aliphatic carbocycles. The van der Waals surface area contributed by atoms with E-state index in [2.05, 4.69) is 0 Å². The second kappa shape index (κ2) is 5.47. The molecule has 2 N–H and O–H groups in total. The van der Waals surface area contributed by atoms with Crippen molar-refractivity contribution in [2.45, 2.75) is 37.4 Å². The van der Waals surface area contributed by atoms with Crippen molar-refractivity contribution in [1.82, 2.24) is 4.31 Å². The first-order chi connectivity index (χ1) is 9.65. The molecule has 2 rings (SSSR count). The van der Waals surface area contributed by atoms with Crippen LogP contribution in [0, 0.1) is 0 Å². The molecule has 1 aromatic rings. The number of hydrogen-bond donors (Lipinski definition) is 1. The van der Waals surface area contributed by atoms with Crippen LogP contribution < -0.4 is 10.5 Å². The smallest absolute Gasteiger partial charge is 0.246 e. The molecule has 1 fully saturated rings. The van der Waals surface area contributed by atoms with Crippen LogP contribution in [-0.4, -0.2) is 44.6 Å². The summed E-state index contributed by atoms with van der Waals surface area (Å²) in [5.41, 5.74) is 5.62. The lowest BCUT2D eigenvalue weighted by atomic mass is 10.1. The number of morpholine rings is 1. The minimum absolute atomic E-state index is 0.129. The molecule has 0 amide bonds. The van der Waals surface area contributed by atoms with Gasteiger partial charge in [0, 0.05) is 24.8 Å². The van der Waals surface area contributed by atoms with E-state index in [0.717, 1.165) is 0 Å². The molecule has 1 aromatic carbocycles. The molecule has 1 heterocycles. The maximum Gasteiger partial charge on any atom is 0.246 e. The van der Waals surface area contributed by atoms with E-state index in [-0.39, 0.29) is 16.7 Å². The van der Waals surface area contributed by atoms with Crippen molar-refractivity contribution in [2.75, 3.05) is 25.9 Å². The lowest BCUT2D eigenvalue weighted by molar-refractivity contribution is -0.109. The van der Waals surface area contributed by atoms with Gasteiger partial charge in [-0.05, 0) is 32.9 Å². The van der Waals surface area contributed by atoms with E-state index < -0.39 is 15.6 Å². The summed E-state index contributed by atoms with van der Waals surface area (Å²) in [4.78, 5) is 0.129. The minimum atomic E-state index is -3.65. The van der Waals surface area contributed by atoms with Crippen LogP contribution in [0.5, 0.6) is 5.75 Å². The SMILES string of the molecule is COc1cc(N)ccc1S(=O)(=O)N1CC(C)OC(C)(C)C1. The van der Waals surface area contributed by atoms with Gasteiger partial charge in [0.15, 0.2) is 0 Å². The highest BCUT2D eigenvalue weighted by Crippen LogP contribution is 2.32. The van der Waals surface area contributed by atoms with Crippen molar-refractivity contribution in [3.8, 4) is 5.75 Å². The highest BCUT2D eigenvalue weighted by Gasteiger charge is 2.38.